The number of benzene rings is 2. The molecule has 1 aliphatic rings. The summed E-state index contributed by atoms with van der Waals surface area (Å²) < 4.78 is 29.7. The van der Waals surface area contributed by atoms with Crippen LogP contribution in [0, 0.1) is 11.6 Å². The Morgan fingerprint density at radius 2 is 1.97 bits per heavy atom. The molecule has 0 bridgehead atoms. The van der Waals surface area contributed by atoms with Gasteiger partial charge in [0.25, 0.3) is 5.56 Å². The fourth-order valence-corrected chi connectivity index (χ4v) is 4.40. The molecule has 0 spiro atoms. The number of rotatable bonds is 4. The lowest BCUT2D eigenvalue weighted by Gasteiger charge is -2.25. The molecule has 3 heterocycles. The highest BCUT2D eigenvalue weighted by molar-refractivity contribution is 5.96. The van der Waals surface area contributed by atoms with Gasteiger partial charge in [-0.2, -0.15) is 10.2 Å². The minimum Gasteiger partial charge on any atom is -0.384 e. The molecule has 2 aromatic carbocycles. The molecular formula is C22H20F2N6O. The average molecular weight is 422 g/mol. The number of hydrogen-bond donors (Lipinski definition) is 2. The van der Waals surface area contributed by atoms with Crippen LogP contribution in [0.5, 0.6) is 0 Å². The summed E-state index contributed by atoms with van der Waals surface area (Å²) in [5.41, 5.74) is 1.49. The minimum absolute atomic E-state index is 0.211. The Kier molecular flexibility index (Phi) is 4.72. The number of anilines is 1. The van der Waals surface area contributed by atoms with Crippen LogP contribution in [-0.2, 0) is 6.54 Å². The van der Waals surface area contributed by atoms with Crippen LogP contribution in [0.4, 0.5) is 14.5 Å². The van der Waals surface area contributed by atoms with E-state index >= 15 is 0 Å². The molecular weight excluding hydrogens is 402 g/mol. The topological polar surface area (TPSA) is 88.5 Å². The van der Waals surface area contributed by atoms with Gasteiger partial charge in [-0.1, -0.05) is 19.1 Å². The number of nitrogens with one attached hydrogen (secondary N) is 2. The Hall–Kier alpha value is -3.62. The fraction of sp³-hybridized carbons (Fsp3) is 0.273. The second-order valence-electron chi connectivity index (χ2n) is 7.67. The van der Waals surface area contributed by atoms with Gasteiger partial charge in [0.1, 0.15) is 23.8 Å². The number of aromatic nitrogens is 5. The maximum absolute atomic E-state index is 14.3. The molecule has 2 unspecified atom stereocenters. The zero-order valence-corrected chi connectivity index (χ0v) is 16.8. The Morgan fingerprint density at radius 1 is 1.16 bits per heavy atom. The predicted octanol–water partition coefficient (Wildman–Crippen LogP) is 3.54. The van der Waals surface area contributed by atoms with E-state index in [1.165, 1.54) is 30.6 Å². The third-order valence-corrected chi connectivity index (χ3v) is 5.75. The number of H-pyrrole nitrogens is 1. The summed E-state index contributed by atoms with van der Waals surface area (Å²) in [4.78, 5) is 17.0. The molecule has 31 heavy (non-hydrogen) atoms. The molecule has 7 nitrogen and oxygen atoms in total. The quantitative estimate of drug-likeness (QED) is 0.525. The summed E-state index contributed by atoms with van der Waals surface area (Å²) in [6.07, 6.45) is 2.36. The van der Waals surface area contributed by atoms with Crippen LogP contribution in [0.15, 0.2) is 47.5 Å². The van der Waals surface area contributed by atoms with Crippen LogP contribution >= 0.6 is 0 Å². The third kappa shape index (κ3) is 3.26. The van der Waals surface area contributed by atoms with E-state index in [2.05, 4.69) is 25.6 Å². The first-order chi connectivity index (χ1) is 15.1. The molecule has 2 atom stereocenters. The second kappa shape index (κ2) is 7.57. The molecule has 1 aliphatic heterocycles. The van der Waals surface area contributed by atoms with Gasteiger partial charge in [0, 0.05) is 30.1 Å². The van der Waals surface area contributed by atoms with Crippen molar-refractivity contribution < 1.29 is 8.78 Å². The first-order valence-corrected chi connectivity index (χ1v) is 10.2. The fourth-order valence-electron chi connectivity index (χ4n) is 4.40. The molecule has 0 radical (unpaired) electrons. The summed E-state index contributed by atoms with van der Waals surface area (Å²) in [6, 6.07) is 8.88. The molecule has 0 amide bonds. The lowest BCUT2D eigenvalue weighted by Crippen LogP contribution is -2.24. The normalized spacial score (nSPS) is 18.0. The molecule has 0 saturated carbocycles. The summed E-state index contributed by atoms with van der Waals surface area (Å²) in [5.74, 6) is -0.749. The van der Waals surface area contributed by atoms with Crippen molar-refractivity contribution in [2.75, 3.05) is 11.9 Å². The maximum atomic E-state index is 14.3. The van der Waals surface area contributed by atoms with Gasteiger partial charge in [0.15, 0.2) is 0 Å². The number of aromatic amines is 1. The minimum atomic E-state index is -0.511. The largest absolute Gasteiger partial charge is 0.384 e. The van der Waals surface area contributed by atoms with Gasteiger partial charge in [-0.05, 0) is 36.2 Å². The lowest BCUT2D eigenvalue weighted by molar-refractivity contribution is 0.508. The number of aryl methyl sites for hydroxylation is 1. The molecule has 5 rings (SSSR count). The highest BCUT2D eigenvalue weighted by Gasteiger charge is 2.36. The molecule has 2 N–H and O–H groups in total. The maximum Gasteiger partial charge on any atom is 0.272 e. The monoisotopic (exact) mass is 422 g/mol. The molecule has 158 valence electrons. The van der Waals surface area contributed by atoms with E-state index in [1.807, 2.05) is 11.6 Å². The number of hydrogen-bond acceptors (Lipinski definition) is 5. The van der Waals surface area contributed by atoms with E-state index in [0.29, 0.717) is 35.7 Å². The summed E-state index contributed by atoms with van der Waals surface area (Å²) >= 11 is 0. The Balaban J connectivity index is 1.80. The van der Waals surface area contributed by atoms with Crippen LogP contribution in [0.25, 0.3) is 10.8 Å². The van der Waals surface area contributed by atoms with E-state index in [-0.39, 0.29) is 17.1 Å². The molecule has 0 saturated heterocycles. The smallest absolute Gasteiger partial charge is 0.272 e. The lowest BCUT2D eigenvalue weighted by atomic mass is 9.82. The van der Waals surface area contributed by atoms with Gasteiger partial charge < -0.3 is 5.32 Å². The van der Waals surface area contributed by atoms with Gasteiger partial charge in [0.05, 0.1) is 17.0 Å². The van der Waals surface area contributed by atoms with Gasteiger partial charge >= 0.3 is 0 Å². The van der Waals surface area contributed by atoms with Crippen molar-refractivity contribution in [3.63, 3.8) is 0 Å². The van der Waals surface area contributed by atoms with Crippen LogP contribution in [0.2, 0.25) is 0 Å². The molecule has 0 fully saturated rings. The van der Waals surface area contributed by atoms with E-state index in [1.54, 1.807) is 12.1 Å². The highest BCUT2D eigenvalue weighted by atomic mass is 19.1. The average Bonchev–Trinajstić information content (AvgIpc) is 3.14. The van der Waals surface area contributed by atoms with Crippen molar-refractivity contribution in [3.05, 3.63) is 81.8 Å². The number of halogens is 2. The molecule has 9 heteroatoms. The summed E-state index contributed by atoms with van der Waals surface area (Å²) in [5, 5.41) is 15.4. The molecule has 4 aromatic rings. The van der Waals surface area contributed by atoms with Crippen LogP contribution in [0.3, 0.4) is 0 Å². The van der Waals surface area contributed by atoms with Gasteiger partial charge in [0.2, 0.25) is 0 Å². The van der Waals surface area contributed by atoms with Crippen molar-refractivity contribution in [2.24, 2.45) is 0 Å². The zero-order chi connectivity index (χ0) is 21.5. The van der Waals surface area contributed by atoms with Crippen molar-refractivity contribution >= 4 is 16.5 Å². The van der Waals surface area contributed by atoms with Crippen LogP contribution in [-0.4, -0.2) is 31.5 Å². The number of nitrogens with zero attached hydrogens (tertiary/aromatic N) is 4. The van der Waals surface area contributed by atoms with Gasteiger partial charge in [-0.25, -0.2) is 23.5 Å². The Labute approximate surface area is 176 Å². The van der Waals surface area contributed by atoms with E-state index < -0.39 is 17.3 Å². The van der Waals surface area contributed by atoms with Crippen LogP contribution < -0.4 is 10.9 Å². The second-order valence-corrected chi connectivity index (χ2v) is 7.67. The van der Waals surface area contributed by atoms with Crippen molar-refractivity contribution in [1.82, 2.24) is 25.0 Å². The first kappa shape index (κ1) is 19.3. The van der Waals surface area contributed by atoms with Gasteiger partial charge in [-0.15, -0.1) is 0 Å². The van der Waals surface area contributed by atoms with E-state index in [4.69, 9.17) is 0 Å². The molecule has 2 aromatic heterocycles. The zero-order valence-electron chi connectivity index (χ0n) is 16.8. The van der Waals surface area contributed by atoms with Crippen molar-refractivity contribution in [2.45, 2.75) is 31.7 Å². The summed E-state index contributed by atoms with van der Waals surface area (Å²) in [7, 11) is 0. The Bertz CT molecular complexity index is 1310. The van der Waals surface area contributed by atoms with Crippen LogP contribution in [0.1, 0.15) is 42.3 Å². The Morgan fingerprint density at radius 3 is 2.74 bits per heavy atom. The van der Waals surface area contributed by atoms with Crippen molar-refractivity contribution in [3.8, 4) is 0 Å². The summed E-state index contributed by atoms with van der Waals surface area (Å²) in [6.45, 7) is 3.13. The highest BCUT2D eigenvalue weighted by Crippen LogP contribution is 2.43. The standard InChI is InChI=1S/C22H20F2N6O/c1-2-7-30-21(26-11-27-30)19-16(12-3-5-13(23)6-4-12)10-25-17-9-14(24)8-15-18(17)20(19)28-29-22(15)31/h3-6,8-9,11,16,19,25H,2,7,10H2,1H3,(H,29,31). The van der Waals surface area contributed by atoms with Gasteiger partial charge in [-0.3, -0.25) is 4.79 Å². The first-order valence-electron chi connectivity index (χ1n) is 10.2. The SMILES string of the molecule is CCCn1ncnc1C1c2n[nH]c(=O)c3cc(F)cc(c23)NCC1c1ccc(F)cc1. The van der Waals surface area contributed by atoms with E-state index in [9.17, 15) is 13.6 Å². The molecule has 0 aliphatic carbocycles. The van der Waals surface area contributed by atoms with Crippen molar-refractivity contribution in [1.29, 1.82) is 0 Å². The van der Waals surface area contributed by atoms with E-state index in [0.717, 1.165) is 12.0 Å². The predicted molar refractivity (Wildman–Crippen MR) is 112 cm³/mol. The third-order valence-electron chi connectivity index (χ3n) is 5.75.